The molecule has 70 heavy (non-hydrogen) atoms. The lowest BCUT2D eigenvalue weighted by Crippen LogP contribution is -2.65. The van der Waals surface area contributed by atoms with Crippen molar-refractivity contribution in [1.29, 1.82) is 0 Å². The maximum Gasteiger partial charge on any atom is 0.186 e. The van der Waals surface area contributed by atoms with Crippen LogP contribution in [0.25, 0.3) is 0 Å². The quantitative estimate of drug-likeness (QED) is 0.0517. The van der Waals surface area contributed by atoms with E-state index in [1.165, 1.54) is 0 Å². The molecule has 1 aliphatic rings. The summed E-state index contributed by atoms with van der Waals surface area (Å²) in [5, 5.41) is 0. The number of hydrogen-bond donors (Lipinski definition) is 0. The van der Waals surface area contributed by atoms with Crippen LogP contribution in [-0.4, -0.2) is 42.2 Å². The van der Waals surface area contributed by atoms with Gasteiger partial charge in [0.1, 0.15) is 35.1 Å². The van der Waals surface area contributed by atoms with Gasteiger partial charge in [0.2, 0.25) is 0 Å². The van der Waals surface area contributed by atoms with Crippen LogP contribution in [0.5, 0.6) is 0 Å². The molecule has 0 bridgehead atoms. The van der Waals surface area contributed by atoms with Gasteiger partial charge >= 0.3 is 0 Å². The Morgan fingerprint density at radius 1 is 0.314 bits per heavy atom. The highest BCUT2D eigenvalue weighted by atomic mass is 127. The van der Waals surface area contributed by atoms with Gasteiger partial charge in [-0.3, -0.25) is 0 Å². The Morgan fingerprint density at radius 2 is 0.514 bits per heavy atom. The summed E-state index contributed by atoms with van der Waals surface area (Å²) in [6.45, 7) is 0. The fourth-order valence-corrected chi connectivity index (χ4v) is 11.1. The molecule has 0 saturated carbocycles. The molecule has 0 amide bonds. The molecule has 6 heteroatoms. The summed E-state index contributed by atoms with van der Waals surface area (Å²) in [6, 6.07) is 94.3. The van der Waals surface area contributed by atoms with Crippen LogP contribution in [-0.2, 0) is 40.5 Å². The van der Waals surface area contributed by atoms with Crippen LogP contribution >= 0.6 is 22.6 Å². The Hall–Kier alpha value is -6.49. The molecule has 0 radical (unpaired) electrons. The molecule has 348 valence electrons. The summed E-state index contributed by atoms with van der Waals surface area (Å²) in [6.07, 6.45) is -4.18. The highest BCUT2D eigenvalue weighted by Gasteiger charge is 2.58. The van der Waals surface area contributed by atoms with Crippen LogP contribution in [0, 0.1) is 0 Å². The number of halogens is 1. The Labute approximate surface area is 425 Å². The lowest BCUT2D eigenvalue weighted by Gasteiger charge is -2.53. The van der Waals surface area contributed by atoms with Crippen molar-refractivity contribution >= 4 is 22.6 Å². The van der Waals surface area contributed by atoms with Crippen LogP contribution < -0.4 is 0 Å². The third-order valence-corrected chi connectivity index (χ3v) is 14.4. The predicted molar refractivity (Wildman–Crippen MR) is 287 cm³/mol. The summed E-state index contributed by atoms with van der Waals surface area (Å²) in [7, 11) is 1.69. The molecule has 0 spiro atoms. The van der Waals surface area contributed by atoms with E-state index in [1.807, 2.05) is 54.6 Å². The largest absolute Gasteiger partial charge is 0.353 e. The second-order valence-electron chi connectivity index (χ2n) is 17.5. The molecule has 10 rings (SSSR count). The highest BCUT2D eigenvalue weighted by molar-refractivity contribution is 14.1. The molecule has 9 aromatic carbocycles. The normalized spacial score (nSPS) is 18.5. The standard InChI is InChI=1S/C64H55IO5/c1-66-61-60(70-64(54-41-23-8-24-42-54,55-43-25-9-26-44-55)56-45-27-10-28-46-56)59(69-63(51-35-17-5-18-36-51,52-37-19-6-20-38-52)53-39-21-7-22-40-53)58(57(47-65)67-61)68-62(48-29-11-2-12-30-48,49-31-13-3-14-32-49)50-33-15-4-16-34-50/h2-46,57-61H,47H2,1H3. The summed E-state index contributed by atoms with van der Waals surface area (Å²) < 4.78 is 39.4. The third-order valence-electron chi connectivity index (χ3n) is 13.5. The zero-order valence-corrected chi connectivity index (χ0v) is 41.2. The van der Waals surface area contributed by atoms with Gasteiger partial charge in [-0.05, 0) is 50.1 Å². The summed E-state index contributed by atoms with van der Waals surface area (Å²) in [4.78, 5) is 0. The highest BCUT2D eigenvalue weighted by Crippen LogP contribution is 2.51. The molecule has 5 unspecified atom stereocenters. The van der Waals surface area contributed by atoms with Gasteiger partial charge in [0.25, 0.3) is 0 Å². The van der Waals surface area contributed by atoms with Crippen LogP contribution in [0.1, 0.15) is 50.1 Å². The Bertz CT molecular complexity index is 2540. The van der Waals surface area contributed by atoms with Crippen molar-refractivity contribution < 1.29 is 23.7 Å². The lowest BCUT2D eigenvalue weighted by molar-refractivity contribution is -0.337. The minimum atomic E-state index is -1.22. The van der Waals surface area contributed by atoms with Gasteiger partial charge in [-0.25, -0.2) is 0 Å². The number of methoxy groups -OCH3 is 1. The zero-order chi connectivity index (χ0) is 47.6. The van der Waals surface area contributed by atoms with E-state index < -0.39 is 47.5 Å². The molecule has 1 aliphatic heterocycles. The van der Waals surface area contributed by atoms with Gasteiger partial charge in [-0.1, -0.05) is 296 Å². The zero-order valence-electron chi connectivity index (χ0n) is 39.0. The molecule has 0 aliphatic carbocycles. The van der Waals surface area contributed by atoms with E-state index in [9.17, 15) is 0 Å². The van der Waals surface area contributed by atoms with Crippen molar-refractivity contribution in [2.45, 2.75) is 47.5 Å². The predicted octanol–water partition coefficient (Wildman–Crippen LogP) is 13.9. The number of rotatable bonds is 17. The van der Waals surface area contributed by atoms with Crippen molar-refractivity contribution in [3.05, 3.63) is 323 Å². The van der Waals surface area contributed by atoms with Crippen molar-refractivity contribution in [3.63, 3.8) is 0 Å². The van der Waals surface area contributed by atoms with Crippen LogP contribution in [0.15, 0.2) is 273 Å². The minimum Gasteiger partial charge on any atom is -0.353 e. The molecule has 0 N–H and O–H groups in total. The molecule has 9 aromatic rings. The monoisotopic (exact) mass is 1030 g/mol. The van der Waals surface area contributed by atoms with Gasteiger partial charge in [-0.2, -0.15) is 0 Å². The molecular formula is C64H55IO5. The Balaban J connectivity index is 1.30. The fraction of sp³-hybridized carbons (Fsp3) is 0.156. The van der Waals surface area contributed by atoms with Crippen LogP contribution in [0.2, 0.25) is 0 Å². The maximum atomic E-state index is 8.42. The fourth-order valence-electron chi connectivity index (χ4n) is 10.4. The molecule has 5 atom stereocenters. The second kappa shape index (κ2) is 21.7. The molecule has 1 fully saturated rings. The van der Waals surface area contributed by atoms with Crippen LogP contribution in [0.3, 0.4) is 0 Å². The van der Waals surface area contributed by atoms with Gasteiger partial charge in [-0.15, -0.1) is 0 Å². The first-order chi connectivity index (χ1) is 34.6. The third kappa shape index (κ3) is 8.96. The van der Waals surface area contributed by atoms with Crippen molar-refractivity contribution in [1.82, 2.24) is 0 Å². The number of alkyl halides is 1. The summed E-state index contributed by atoms with van der Waals surface area (Å²) >= 11 is 2.43. The van der Waals surface area contributed by atoms with Crippen molar-refractivity contribution in [2.75, 3.05) is 11.5 Å². The first kappa shape index (κ1) is 47.2. The molecule has 0 aromatic heterocycles. The Morgan fingerprint density at radius 3 is 0.714 bits per heavy atom. The van der Waals surface area contributed by atoms with E-state index in [1.54, 1.807) is 7.11 Å². The van der Waals surface area contributed by atoms with Crippen molar-refractivity contribution in [2.24, 2.45) is 0 Å². The number of ether oxygens (including phenoxy) is 5. The first-order valence-corrected chi connectivity index (χ1v) is 25.4. The van der Waals surface area contributed by atoms with E-state index in [4.69, 9.17) is 23.7 Å². The molecular weight excluding hydrogens is 976 g/mol. The summed E-state index contributed by atoms with van der Waals surface area (Å²) in [5.74, 6) is 0. The van der Waals surface area contributed by atoms with Gasteiger partial charge in [0.05, 0.1) is 6.10 Å². The van der Waals surface area contributed by atoms with Gasteiger partial charge in [0.15, 0.2) is 6.29 Å². The first-order valence-electron chi connectivity index (χ1n) is 23.9. The van der Waals surface area contributed by atoms with Gasteiger partial charge in [0, 0.05) is 11.5 Å². The van der Waals surface area contributed by atoms with Gasteiger partial charge < -0.3 is 23.7 Å². The smallest absolute Gasteiger partial charge is 0.186 e. The average Bonchev–Trinajstić information content (AvgIpc) is 3.45. The van der Waals surface area contributed by atoms with E-state index in [0.717, 1.165) is 50.1 Å². The second-order valence-corrected chi connectivity index (χ2v) is 18.4. The van der Waals surface area contributed by atoms with E-state index in [-0.39, 0.29) is 0 Å². The van der Waals surface area contributed by atoms with E-state index in [0.29, 0.717) is 4.43 Å². The van der Waals surface area contributed by atoms with E-state index in [2.05, 4.69) is 241 Å². The number of benzene rings is 9. The summed E-state index contributed by atoms with van der Waals surface area (Å²) in [5.41, 5.74) is 4.90. The van der Waals surface area contributed by atoms with E-state index >= 15 is 0 Å². The molecule has 5 nitrogen and oxygen atoms in total. The minimum absolute atomic E-state index is 0.541. The lowest BCUT2D eigenvalue weighted by atomic mass is 9.78. The SMILES string of the molecule is COC1OC(CI)C(OC(c2ccccc2)(c2ccccc2)c2ccccc2)C(OC(c2ccccc2)(c2ccccc2)c2ccccc2)C1OC(c1ccccc1)(c1ccccc1)c1ccccc1. The van der Waals surface area contributed by atoms with Crippen LogP contribution in [0.4, 0.5) is 0 Å². The Kier molecular flexibility index (Phi) is 14.6. The topological polar surface area (TPSA) is 46.2 Å². The average molecular weight is 1030 g/mol. The van der Waals surface area contributed by atoms with Crippen molar-refractivity contribution in [3.8, 4) is 0 Å². The molecule has 1 heterocycles. The molecule has 1 saturated heterocycles. The number of hydrogen-bond acceptors (Lipinski definition) is 5. The maximum absolute atomic E-state index is 8.42.